The average Bonchev–Trinajstić information content (AvgIpc) is 3.09. The number of rotatable bonds is 7. The van der Waals surface area contributed by atoms with Crippen LogP contribution in [0.2, 0.25) is 0 Å². The lowest BCUT2D eigenvalue weighted by molar-refractivity contribution is 0.393. The minimum Gasteiger partial charge on any atom is -0.496 e. The third-order valence-electron chi connectivity index (χ3n) is 4.38. The molecule has 1 N–H and O–H groups in total. The van der Waals surface area contributed by atoms with Crippen molar-refractivity contribution in [1.82, 2.24) is 10.2 Å². The van der Waals surface area contributed by atoms with Crippen LogP contribution in [0, 0.1) is 0 Å². The van der Waals surface area contributed by atoms with Gasteiger partial charge in [-0.05, 0) is 25.0 Å². The van der Waals surface area contributed by atoms with Crippen molar-refractivity contribution in [2.24, 2.45) is 0 Å². The molecule has 0 atom stereocenters. The maximum Gasteiger partial charge on any atom is 0.210 e. The number of methoxy groups -OCH3 is 2. The number of nitrogens with zero attached hydrogens (tertiary/aromatic N) is 2. The number of thiocarbonyl (C=S) groups is 1. The number of nitrogens with one attached hydrogen (secondary N) is 1. The third kappa shape index (κ3) is 3.67. The van der Waals surface area contributed by atoms with E-state index in [1.807, 2.05) is 18.2 Å². The fraction of sp³-hybridized carbons (Fsp3) is 0.471. The SMILES string of the molecule is CCC(C)(CC)c1nnc(NC(=S)c2c(OC)cccc2OC)s1. The van der Waals surface area contributed by atoms with Gasteiger partial charge in [0.25, 0.3) is 0 Å². The Morgan fingerprint density at radius 2 is 1.75 bits per heavy atom. The summed E-state index contributed by atoms with van der Waals surface area (Å²) in [6, 6.07) is 5.56. The molecule has 2 aromatic rings. The van der Waals surface area contributed by atoms with Crippen molar-refractivity contribution in [3.8, 4) is 11.5 Å². The van der Waals surface area contributed by atoms with E-state index in [1.165, 1.54) is 11.3 Å². The molecule has 0 aliphatic heterocycles. The van der Waals surface area contributed by atoms with Crippen molar-refractivity contribution in [2.45, 2.75) is 39.0 Å². The number of hydrogen-bond donors (Lipinski definition) is 1. The van der Waals surface area contributed by atoms with Gasteiger partial charge in [-0.15, -0.1) is 10.2 Å². The Hall–Kier alpha value is -1.73. The molecule has 0 amide bonds. The van der Waals surface area contributed by atoms with Gasteiger partial charge in [0.1, 0.15) is 21.5 Å². The Bertz CT molecular complexity index is 689. The van der Waals surface area contributed by atoms with Crippen LogP contribution in [0.25, 0.3) is 0 Å². The Labute approximate surface area is 152 Å². The van der Waals surface area contributed by atoms with Gasteiger partial charge in [0, 0.05) is 5.41 Å². The highest BCUT2D eigenvalue weighted by atomic mass is 32.1. The molecule has 1 aromatic carbocycles. The molecule has 0 bridgehead atoms. The molecule has 5 nitrogen and oxygen atoms in total. The number of benzene rings is 1. The van der Waals surface area contributed by atoms with Crippen molar-refractivity contribution >= 4 is 33.7 Å². The first-order valence-electron chi connectivity index (χ1n) is 7.85. The summed E-state index contributed by atoms with van der Waals surface area (Å²) in [7, 11) is 3.22. The molecule has 0 fully saturated rings. The summed E-state index contributed by atoms with van der Waals surface area (Å²) in [5, 5.41) is 13.4. The van der Waals surface area contributed by atoms with Gasteiger partial charge in [-0.2, -0.15) is 0 Å². The summed E-state index contributed by atoms with van der Waals surface area (Å²) in [6.07, 6.45) is 2.03. The van der Waals surface area contributed by atoms with Gasteiger partial charge in [0.2, 0.25) is 5.13 Å². The lowest BCUT2D eigenvalue weighted by atomic mass is 9.86. The maximum atomic E-state index is 5.54. The van der Waals surface area contributed by atoms with Crippen LogP contribution in [0.5, 0.6) is 11.5 Å². The predicted octanol–water partition coefficient (Wildman–Crippen LogP) is 4.42. The van der Waals surface area contributed by atoms with Crippen molar-refractivity contribution in [3.05, 3.63) is 28.8 Å². The van der Waals surface area contributed by atoms with Gasteiger partial charge < -0.3 is 14.8 Å². The number of aromatic nitrogens is 2. The van der Waals surface area contributed by atoms with Crippen LogP contribution in [-0.4, -0.2) is 29.4 Å². The highest BCUT2D eigenvalue weighted by molar-refractivity contribution is 7.81. The number of ether oxygens (including phenoxy) is 2. The zero-order valence-corrected chi connectivity index (χ0v) is 16.3. The second kappa shape index (κ2) is 7.90. The summed E-state index contributed by atoms with van der Waals surface area (Å²) in [5.74, 6) is 1.31. The van der Waals surface area contributed by atoms with Crippen LogP contribution < -0.4 is 14.8 Å². The highest BCUT2D eigenvalue weighted by Gasteiger charge is 2.27. The van der Waals surface area contributed by atoms with E-state index in [0.29, 0.717) is 27.2 Å². The quantitative estimate of drug-likeness (QED) is 0.733. The third-order valence-corrected chi connectivity index (χ3v) is 5.83. The molecule has 0 aliphatic rings. The van der Waals surface area contributed by atoms with Crippen molar-refractivity contribution in [2.75, 3.05) is 19.5 Å². The molecule has 0 spiro atoms. The van der Waals surface area contributed by atoms with Gasteiger partial charge in [0.15, 0.2) is 0 Å². The topological polar surface area (TPSA) is 56.3 Å². The summed E-state index contributed by atoms with van der Waals surface area (Å²) in [6.45, 7) is 6.55. The normalized spacial score (nSPS) is 11.2. The minimum atomic E-state index is 0.0430. The summed E-state index contributed by atoms with van der Waals surface area (Å²) in [4.78, 5) is 0.502. The van der Waals surface area contributed by atoms with Crippen LogP contribution in [0.4, 0.5) is 5.13 Å². The molecule has 0 unspecified atom stereocenters. The monoisotopic (exact) mass is 365 g/mol. The molecule has 1 heterocycles. The van der Waals surface area contributed by atoms with Crippen LogP contribution in [0.3, 0.4) is 0 Å². The van der Waals surface area contributed by atoms with Gasteiger partial charge in [-0.25, -0.2) is 0 Å². The molecule has 130 valence electrons. The average molecular weight is 366 g/mol. The van der Waals surface area contributed by atoms with Crippen molar-refractivity contribution < 1.29 is 9.47 Å². The first kappa shape index (κ1) is 18.6. The molecule has 24 heavy (non-hydrogen) atoms. The molecule has 0 radical (unpaired) electrons. The Morgan fingerprint density at radius 1 is 1.17 bits per heavy atom. The van der Waals surface area contributed by atoms with Crippen LogP contribution >= 0.6 is 23.6 Å². The second-order valence-electron chi connectivity index (χ2n) is 5.67. The molecule has 0 saturated heterocycles. The Morgan fingerprint density at radius 3 is 2.25 bits per heavy atom. The van der Waals surface area contributed by atoms with E-state index in [-0.39, 0.29) is 5.41 Å². The zero-order chi connectivity index (χ0) is 17.7. The zero-order valence-electron chi connectivity index (χ0n) is 14.7. The fourth-order valence-electron chi connectivity index (χ4n) is 2.30. The number of hydrogen-bond acceptors (Lipinski definition) is 6. The van der Waals surface area contributed by atoms with E-state index in [4.69, 9.17) is 21.7 Å². The van der Waals surface area contributed by atoms with Crippen molar-refractivity contribution in [3.63, 3.8) is 0 Å². The van der Waals surface area contributed by atoms with E-state index in [9.17, 15) is 0 Å². The maximum absolute atomic E-state index is 5.54. The summed E-state index contributed by atoms with van der Waals surface area (Å²) < 4.78 is 10.8. The van der Waals surface area contributed by atoms with Crippen molar-refractivity contribution in [1.29, 1.82) is 0 Å². The molecular formula is C17H23N3O2S2. The molecular weight excluding hydrogens is 342 g/mol. The van der Waals surface area contributed by atoms with E-state index < -0.39 is 0 Å². The first-order valence-corrected chi connectivity index (χ1v) is 9.07. The standard InChI is InChI=1S/C17H23N3O2S2/c1-6-17(3,7-2)15-19-20-16(24-15)18-14(23)13-11(21-4)9-8-10-12(13)22-5/h8-10H,6-7H2,1-5H3,(H,18,20,23). The van der Waals surface area contributed by atoms with E-state index in [1.54, 1.807) is 14.2 Å². The van der Waals surface area contributed by atoms with Gasteiger partial charge in [0.05, 0.1) is 19.8 Å². The van der Waals surface area contributed by atoms with Gasteiger partial charge in [-0.1, -0.05) is 50.4 Å². The van der Waals surface area contributed by atoms with Crippen LogP contribution in [0.1, 0.15) is 44.2 Å². The van der Waals surface area contributed by atoms with Crippen LogP contribution in [-0.2, 0) is 5.41 Å². The largest absolute Gasteiger partial charge is 0.496 e. The molecule has 7 heteroatoms. The Balaban J connectivity index is 2.27. The first-order chi connectivity index (χ1) is 11.5. The minimum absolute atomic E-state index is 0.0430. The fourth-order valence-corrected chi connectivity index (χ4v) is 3.70. The smallest absolute Gasteiger partial charge is 0.210 e. The second-order valence-corrected chi connectivity index (χ2v) is 7.06. The highest BCUT2D eigenvalue weighted by Crippen LogP contribution is 2.35. The van der Waals surface area contributed by atoms with E-state index in [2.05, 4.69) is 36.3 Å². The predicted molar refractivity (Wildman–Crippen MR) is 103 cm³/mol. The van der Waals surface area contributed by atoms with Gasteiger partial charge in [-0.3, -0.25) is 0 Å². The van der Waals surface area contributed by atoms with Crippen LogP contribution in [0.15, 0.2) is 18.2 Å². The van der Waals surface area contributed by atoms with Gasteiger partial charge >= 0.3 is 0 Å². The summed E-state index contributed by atoms with van der Waals surface area (Å²) >= 11 is 7.07. The summed E-state index contributed by atoms with van der Waals surface area (Å²) in [5.41, 5.74) is 0.754. The number of anilines is 1. The van der Waals surface area contributed by atoms with E-state index in [0.717, 1.165) is 17.8 Å². The molecule has 0 aliphatic carbocycles. The molecule has 2 rings (SSSR count). The van der Waals surface area contributed by atoms with E-state index >= 15 is 0 Å². The lowest BCUT2D eigenvalue weighted by Gasteiger charge is -2.22. The Kier molecular flexibility index (Phi) is 6.12. The lowest BCUT2D eigenvalue weighted by Crippen LogP contribution is -2.19. The molecule has 1 aromatic heterocycles. The molecule has 0 saturated carbocycles.